The molecule has 2 aliphatic heterocycles. The van der Waals surface area contributed by atoms with E-state index in [2.05, 4.69) is 20.2 Å². The van der Waals surface area contributed by atoms with E-state index in [9.17, 15) is 4.39 Å². The smallest absolute Gasteiger partial charge is 0.178 e. The molecule has 1 saturated heterocycles. The lowest BCUT2D eigenvalue weighted by molar-refractivity contribution is 0.237. The molecule has 1 aromatic heterocycles. The van der Waals surface area contributed by atoms with Crippen molar-refractivity contribution in [2.24, 2.45) is 0 Å². The predicted molar refractivity (Wildman–Crippen MR) is 81.9 cm³/mol. The third-order valence-electron chi connectivity index (χ3n) is 4.04. The van der Waals surface area contributed by atoms with Crippen LogP contribution in [-0.4, -0.2) is 42.3 Å². The summed E-state index contributed by atoms with van der Waals surface area (Å²) >= 11 is 6.13. The molecule has 0 amide bonds. The van der Waals surface area contributed by atoms with Crippen molar-refractivity contribution in [1.29, 1.82) is 0 Å². The zero-order valence-corrected chi connectivity index (χ0v) is 12.5. The van der Waals surface area contributed by atoms with E-state index in [-0.39, 0.29) is 11.9 Å². The van der Waals surface area contributed by atoms with E-state index in [0.29, 0.717) is 28.6 Å². The lowest BCUT2D eigenvalue weighted by Gasteiger charge is -2.42. The molecule has 7 heteroatoms. The van der Waals surface area contributed by atoms with Gasteiger partial charge in [0.05, 0.1) is 22.4 Å². The summed E-state index contributed by atoms with van der Waals surface area (Å²) in [5.74, 6) is -0.0776. The fraction of sp³-hybridized carbons (Fsp3) is 0.333. The van der Waals surface area contributed by atoms with Gasteiger partial charge in [0, 0.05) is 31.4 Å². The third kappa shape index (κ3) is 2.19. The molecule has 0 bridgehead atoms. The van der Waals surface area contributed by atoms with Crippen molar-refractivity contribution < 1.29 is 9.13 Å². The average molecular weight is 321 g/mol. The highest BCUT2D eigenvalue weighted by molar-refractivity contribution is 6.32. The Morgan fingerprint density at radius 3 is 3.18 bits per heavy atom. The Morgan fingerprint density at radius 1 is 1.41 bits per heavy atom. The molecule has 1 aromatic carbocycles. The molecule has 22 heavy (non-hydrogen) atoms. The van der Waals surface area contributed by atoms with Crippen LogP contribution in [0, 0.1) is 5.82 Å². The normalized spacial score (nSPS) is 20.1. The van der Waals surface area contributed by atoms with Crippen LogP contribution in [0.15, 0.2) is 24.7 Å². The number of rotatable bonds is 1. The molecule has 4 rings (SSSR count). The van der Waals surface area contributed by atoms with Gasteiger partial charge in [0.15, 0.2) is 11.6 Å². The number of halogens is 2. The van der Waals surface area contributed by atoms with Gasteiger partial charge in [-0.1, -0.05) is 11.6 Å². The molecule has 0 spiro atoms. The molecule has 114 valence electrons. The molecule has 2 aromatic rings. The number of nitrogens with zero attached hydrogens (tertiary/aromatic N) is 3. The van der Waals surface area contributed by atoms with Gasteiger partial charge in [-0.2, -0.15) is 0 Å². The first kappa shape index (κ1) is 13.7. The van der Waals surface area contributed by atoms with Gasteiger partial charge in [-0.15, -0.1) is 0 Å². The SMILES string of the molecule is Fc1cc(-c2ncncc2Cl)cc2c1OC[C@H]1CNCCN21. The molecule has 2 aliphatic rings. The Morgan fingerprint density at radius 2 is 2.32 bits per heavy atom. The first-order valence-electron chi connectivity index (χ1n) is 7.13. The van der Waals surface area contributed by atoms with Gasteiger partial charge in [0.1, 0.15) is 12.9 Å². The molecule has 1 atom stereocenters. The van der Waals surface area contributed by atoms with Crippen molar-refractivity contribution in [3.63, 3.8) is 0 Å². The largest absolute Gasteiger partial charge is 0.486 e. The van der Waals surface area contributed by atoms with E-state index in [4.69, 9.17) is 16.3 Å². The highest BCUT2D eigenvalue weighted by Gasteiger charge is 2.32. The lowest BCUT2D eigenvalue weighted by Crippen LogP contribution is -2.55. The molecule has 0 aliphatic carbocycles. The monoisotopic (exact) mass is 320 g/mol. The van der Waals surface area contributed by atoms with Crippen LogP contribution < -0.4 is 15.0 Å². The molecule has 0 unspecified atom stereocenters. The van der Waals surface area contributed by atoms with E-state index < -0.39 is 0 Å². The Hall–Kier alpha value is -1.92. The summed E-state index contributed by atoms with van der Waals surface area (Å²) in [7, 11) is 0. The summed E-state index contributed by atoms with van der Waals surface area (Å²) in [5.41, 5.74) is 1.92. The van der Waals surface area contributed by atoms with Gasteiger partial charge in [-0.25, -0.2) is 14.4 Å². The summed E-state index contributed by atoms with van der Waals surface area (Å²) in [6.45, 7) is 3.02. The van der Waals surface area contributed by atoms with Crippen molar-refractivity contribution in [3.05, 3.63) is 35.5 Å². The first-order chi connectivity index (χ1) is 10.7. The molecule has 0 saturated carbocycles. The van der Waals surface area contributed by atoms with Crippen LogP contribution in [0.5, 0.6) is 5.75 Å². The second kappa shape index (κ2) is 5.37. The zero-order valence-electron chi connectivity index (χ0n) is 11.7. The summed E-state index contributed by atoms with van der Waals surface area (Å²) in [5, 5.41) is 3.73. The number of hydrogen-bond acceptors (Lipinski definition) is 5. The number of ether oxygens (including phenoxy) is 1. The second-order valence-corrected chi connectivity index (χ2v) is 5.80. The predicted octanol–water partition coefficient (Wildman–Crippen LogP) is 2.11. The Kier molecular flexibility index (Phi) is 3.35. The number of aromatic nitrogens is 2. The zero-order chi connectivity index (χ0) is 15.1. The molecule has 3 heterocycles. The minimum Gasteiger partial charge on any atom is -0.486 e. The number of fused-ring (bicyclic) bond motifs is 3. The van der Waals surface area contributed by atoms with Gasteiger partial charge in [0.25, 0.3) is 0 Å². The van der Waals surface area contributed by atoms with E-state index >= 15 is 0 Å². The average Bonchev–Trinajstić information content (AvgIpc) is 2.55. The summed E-state index contributed by atoms with van der Waals surface area (Å²) in [4.78, 5) is 10.2. The standard InChI is InChI=1S/C15H14ClFN4O/c16-11-6-19-8-20-14(11)9-3-12(17)15-13(4-9)21-2-1-18-5-10(21)7-22-15/h3-4,6,8,10,18H,1-2,5,7H2/t10-/m1/s1. The molecule has 1 fully saturated rings. The molecule has 1 N–H and O–H groups in total. The quantitative estimate of drug-likeness (QED) is 0.872. The van der Waals surface area contributed by atoms with Crippen LogP contribution in [0.2, 0.25) is 5.02 Å². The maximum Gasteiger partial charge on any atom is 0.178 e. The van der Waals surface area contributed by atoms with Crippen molar-refractivity contribution in [1.82, 2.24) is 15.3 Å². The Balaban J connectivity index is 1.84. The maximum absolute atomic E-state index is 14.5. The van der Waals surface area contributed by atoms with Crippen LogP contribution in [0.3, 0.4) is 0 Å². The minimum atomic E-state index is -0.390. The van der Waals surface area contributed by atoms with Gasteiger partial charge in [-0.05, 0) is 12.1 Å². The highest BCUT2D eigenvalue weighted by atomic mass is 35.5. The summed E-state index contributed by atoms with van der Waals surface area (Å²) in [6, 6.07) is 3.52. The second-order valence-electron chi connectivity index (χ2n) is 5.39. The van der Waals surface area contributed by atoms with Gasteiger partial charge >= 0.3 is 0 Å². The number of anilines is 1. The van der Waals surface area contributed by atoms with E-state index in [1.165, 1.54) is 18.6 Å². The van der Waals surface area contributed by atoms with E-state index in [1.807, 2.05) is 6.07 Å². The van der Waals surface area contributed by atoms with Crippen LogP contribution >= 0.6 is 11.6 Å². The van der Waals surface area contributed by atoms with Crippen molar-refractivity contribution in [2.75, 3.05) is 31.1 Å². The fourth-order valence-electron chi connectivity index (χ4n) is 3.00. The summed E-state index contributed by atoms with van der Waals surface area (Å²) in [6.07, 6.45) is 2.91. The molecule has 5 nitrogen and oxygen atoms in total. The topological polar surface area (TPSA) is 50.3 Å². The van der Waals surface area contributed by atoms with E-state index in [0.717, 1.165) is 25.3 Å². The van der Waals surface area contributed by atoms with Crippen LogP contribution in [-0.2, 0) is 0 Å². The fourth-order valence-corrected chi connectivity index (χ4v) is 3.22. The first-order valence-corrected chi connectivity index (χ1v) is 7.51. The molecular formula is C15H14ClFN4O. The maximum atomic E-state index is 14.5. The Labute approximate surface area is 132 Å². The van der Waals surface area contributed by atoms with Crippen molar-refractivity contribution >= 4 is 17.3 Å². The number of nitrogens with one attached hydrogen (secondary N) is 1. The van der Waals surface area contributed by atoms with Gasteiger partial charge in [-0.3, -0.25) is 0 Å². The highest BCUT2D eigenvalue weighted by Crippen LogP contribution is 2.40. The molecular weight excluding hydrogens is 307 g/mol. The Bertz CT molecular complexity index is 727. The third-order valence-corrected chi connectivity index (χ3v) is 4.32. The number of benzene rings is 1. The van der Waals surface area contributed by atoms with Gasteiger partial charge in [0.2, 0.25) is 0 Å². The molecule has 0 radical (unpaired) electrons. The van der Waals surface area contributed by atoms with Gasteiger partial charge < -0.3 is 15.0 Å². The van der Waals surface area contributed by atoms with E-state index in [1.54, 1.807) is 0 Å². The van der Waals surface area contributed by atoms with Crippen LogP contribution in [0.25, 0.3) is 11.3 Å². The van der Waals surface area contributed by atoms with Crippen molar-refractivity contribution in [2.45, 2.75) is 6.04 Å². The van der Waals surface area contributed by atoms with Crippen LogP contribution in [0.4, 0.5) is 10.1 Å². The number of hydrogen-bond donors (Lipinski definition) is 1. The summed E-state index contributed by atoms with van der Waals surface area (Å²) < 4.78 is 20.1. The van der Waals surface area contributed by atoms with Crippen molar-refractivity contribution in [3.8, 4) is 17.0 Å². The lowest BCUT2D eigenvalue weighted by atomic mass is 10.0. The van der Waals surface area contributed by atoms with Crippen LogP contribution in [0.1, 0.15) is 0 Å². The number of piperazine rings is 1. The minimum absolute atomic E-state index is 0.219.